The Morgan fingerprint density at radius 1 is 0.462 bits per heavy atom. The van der Waals surface area contributed by atoms with Gasteiger partial charge in [0.05, 0.1) is 41.6 Å². The highest BCUT2D eigenvalue weighted by molar-refractivity contribution is 6.00. The van der Waals surface area contributed by atoms with Gasteiger partial charge in [-0.15, -0.1) is 0 Å². The van der Waals surface area contributed by atoms with E-state index in [1.54, 1.807) is 50.5 Å². The topological polar surface area (TPSA) is 131 Å². The zero-order valence-corrected chi connectivity index (χ0v) is 50.3. The lowest BCUT2D eigenvalue weighted by Crippen LogP contribution is -2.07. The molecule has 0 aliphatic rings. The molecule has 4 aromatic heterocycles. The van der Waals surface area contributed by atoms with Gasteiger partial charge in [-0.1, -0.05) is 39.5 Å². The third-order valence-electron chi connectivity index (χ3n) is 12.2. The molecule has 0 radical (unpaired) electrons. The van der Waals surface area contributed by atoms with Crippen LogP contribution in [-0.2, 0) is 27.2 Å². The molecular formula is C79H48F2N6O4. The minimum atomic E-state index is -0.824. The van der Waals surface area contributed by atoms with Crippen LogP contribution in [-0.4, -0.2) is 53.7 Å². The Morgan fingerprint density at radius 3 is 1.01 bits per heavy atom. The average molecular weight is 1180 g/mol. The normalized spacial score (nSPS) is 8.60. The quantitative estimate of drug-likeness (QED) is 0.0924. The highest BCUT2D eigenvalue weighted by Gasteiger charge is 2.24. The number of benzene rings is 4. The number of aromatic nitrogens is 6. The minimum absolute atomic E-state index is 0.0588. The van der Waals surface area contributed by atoms with Crippen LogP contribution >= 0.6 is 0 Å². The Hall–Kier alpha value is -13.8. The molecule has 0 fully saturated rings. The van der Waals surface area contributed by atoms with Gasteiger partial charge in [0.1, 0.15) is 11.6 Å². The smallest absolute Gasteiger partial charge is 0.305 e. The first-order valence-electron chi connectivity index (χ1n) is 27.5. The van der Waals surface area contributed by atoms with Gasteiger partial charge in [0.25, 0.3) is 0 Å². The van der Waals surface area contributed by atoms with E-state index in [0.717, 1.165) is 77.5 Å². The Labute approximate surface area is 528 Å². The summed E-state index contributed by atoms with van der Waals surface area (Å²) in [4.78, 5) is 23.0. The van der Waals surface area contributed by atoms with Crippen LogP contribution in [0.3, 0.4) is 0 Å². The molecule has 3 N–H and O–H groups in total. The fraction of sp³-hybridized carbons (Fsp3) is 0.165. The number of nitrogens with one attached hydrogen (secondary N) is 2. The summed E-state index contributed by atoms with van der Waals surface area (Å²) in [6.45, 7) is 11.8. The number of hydrogen-bond donors (Lipinski definition) is 3. The summed E-state index contributed by atoms with van der Waals surface area (Å²) >= 11 is 0. The molecule has 8 rings (SSSR count). The second-order valence-electron chi connectivity index (χ2n) is 18.8. The van der Waals surface area contributed by atoms with Crippen LogP contribution in [0.15, 0.2) is 85.2 Å². The average Bonchev–Trinajstić information content (AvgIpc) is 1.71. The van der Waals surface area contributed by atoms with Gasteiger partial charge in [0.2, 0.25) is 0 Å². The number of H-pyrrole nitrogens is 2. The van der Waals surface area contributed by atoms with Gasteiger partial charge in [-0.3, -0.25) is 19.8 Å². The Morgan fingerprint density at radius 2 is 0.747 bits per heavy atom. The fourth-order valence-corrected chi connectivity index (χ4v) is 8.72. The SMILES string of the molecule is CC#CC#CC#CC#CC#CC#CC#CC#CC#CC#CC#CC#CC#CC#CC#CC#CC#CC.CC(C)c1c(CCC(=O)O)c2cc3[nH]ncc3cc2n1-c1ccc(F)cc1.COC(=O)CCc1c(C(C)C)n(-c2ccc(F)cc2)c2cc3cn[nH]c3cc12. The van der Waals surface area contributed by atoms with Crippen molar-refractivity contribution >= 4 is 55.6 Å². The van der Waals surface area contributed by atoms with Gasteiger partial charge in [0.15, 0.2) is 0 Å². The van der Waals surface area contributed by atoms with Gasteiger partial charge in [0, 0.05) is 152 Å². The summed E-state index contributed by atoms with van der Waals surface area (Å²) in [6, 6.07) is 21.1. The molecule has 0 saturated heterocycles. The monoisotopic (exact) mass is 1180 g/mol. The molecule has 10 nitrogen and oxygen atoms in total. The van der Waals surface area contributed by atoms with Crippen LogP contribution in [0.1, 0.15) is 88.7 Å². The zero-order valence-electron chi connectivity index (χ0n) is 50.3. The molecule has 0 saturated carbocycles. The van der Waals surface area contributed by atoms with Gasteiger partial charge in [-0.05, 0) is 217 Å². The van der Waals surface area contributed by atoms with E-state index < -0.39 is 5.97 Å². The second-order valence-corrected chi connectivity index (χ2v) is 18.8. The number of aryl methyl sites for hydroxylation is 2. The number of carbonyl (C=O) groups is 2. The van der Waals surface area contributed by atoms with E-state index >= 15 is 0 Å². The summed E-state index contributed by atoms with van der Waals surface area (Å²) in [5.41, 5.74) is 9.88. The molecule has 0 aliphatic heterocycles. The van der Waals surface area contributed by atoms with Crippen molar-refractivity contribution in [2.75, 3.05) is 7.11 Å². The number of rotatable bonds is 10. The van der Waals surface area contributed by atoms with Crippen molar-refractivity contribution < 1.29 is 28.2 Å². The standard InChI is InChI=1S/C36H6.C22H22FN3O2.C21H20FN3O2/c1-3-5-7-9-11-13-15-17-19-21-23-25-27-29-31-33-35-36-34-32-30-28-26-24-22-20-18-16-14-12-10-8-6-4-2;1-13(2)22-17(8-9-21(27)28-3)18-11-19-14(12-24-25-19)10-20(18)26(22)16-6-4-15(23)5-7-16;1-12(2)21-16(7-8-20(26)27)17-10-18-13(11-23-24-18)9-19(17)25(21)15-5-3-14(22)4-6-15/h1-2H3;4-7,10-13H,8-9H2,1-3H3,(H,24,25);3-6,9-12H,7-8H2,1-2H3,(H,23,24)(H,26,27). The van der Waals surface area contributed by atoms with Crippen LogP contribution in [0, 0.1) is 213 Å². The summed E-state index contributed by atoms with van der Waals surface area (Å²) in [6.07, 6.45) is 4.93. The molecule has 0 atom stereocenters. The minimum Gasteiger partial charge on any atom is -0.481 e. The zero-order chi connectivity index (χ0) is 65.0. The summed E-state index contributed by atoms with van der Waals surface area (Å²) in [7, 11) is 1.40. The molecule has 0 amide bonds. The summed E-state index contributed by atoms with van der Waals surface area (Å²) < 4.78 is 36.1. The number of fused-ring (bicyclic) bond motifs is 4. The van der Waals surface area contributed by atoms with Crippen LogP contribution in [0.2, 0.25) is 0 Å². The Balaban J connectivity index is 0.000000219. The first-order valence-corrected chi connectivity index (χ1v) is 27.5. The molecule has 0 bridgehead atoms. The highest BCUT2D eigenvalue weighted by Crippen LogP contribution is 2.38. The number of aromatic amines is 2. The fourth-order valence-electron chi connectivity index (χ4n) is 8.72. The highest BCUT2D eigenvalue weighted by atomic mass is 19.1. The van der Waals surface area contributed by atoms with E-state index in [1.165, 1.54) is 31.4 Å². The van der Waals surface area contributed by atoms with Gasteiger partial charge >= 0.3 is 11.9 Å². The summed E-state index contributed by atoms with van der Waals surface area (Å²) in [5.74, 6) is 84.4. The van der Waals surface area contributed by atoms with Gasteiger partial charge < -0.3 is 19.0 Å². The largest absolute Gasteiger partial charge is 0.481 e. The van der Waals surface area contributed by atoms with E-state index in [0.29, 0.717) is 19.3 Å². The number of halogens is 2. The first kappa shape index (κ1) is 66.4. The van der Waals surface area contributed by atoms with Crippen molar-refractivity contribution in [3.05, 3.63) is 119 Å². The van der Waals surface area contributed by atoms with Crippen LogP contribution in [0.4, 0.5) is 8.78 Å². The Bertz CT molecular complexity index is 5180. The second kappa shape index (κ2) is 36.2. The predicted molar refractivity (Wildman–Crippen MR) is 354 cm³/mol. The molecule has 91 heavy (non-hydrogen) atoms. The first-order chi connectivity index (χ1) is 44.4. The predicted octanol–water partition coefficient (Wildman–Crippen LogP) is 10.7. The van der Waals surface area contributed by atoms with Crippen molar-refractivity contribution in [2.24, 2.45) is 0 Å². The number of aliphatic carboxylic acids is 1. The number of methoxy groups -OCH3 is 1. The van der Waals surface area contributed by atoms with Gasteiger partial charge in [-0.2, -0.15) is 10.2 Å². The molecular weight excluding hydrogens is 1130 g/mol. The lowest BCUT2D eigenvalue weighted by molar-refractivity contribution is -0.140. The van der Waals surface area contributed by atoms with Crippen LogP contribution < -0.4 is 0 Å². The lowest BCUT2D eigenvalue weighted by atomic mass is 9.99. The van der Waals surface area contributed by atoms with E-state index in [-0.39, 0.29) is 35.9 Å². The third-order valence-corrected chi connectivity index (χ3v) is 12.2. The third kappa shape index (κ3) is 20.5. The molecule has 0 aliphatic carbocycles. The maximum atomic E-state index is 13.5. The van der Waals surface area contributed by atoms with Crippen LogP contribution in [0.25, 0.3) is 55.0 Å². The number of nitrogens with zero attached hydrogens (tertiary/aromatic N) is 4. The number of carboxylic acids is 1. The van der Waals surface area contributed by atoms with Gasteiger partial charge in [-0.25, -0.2) is 8.78 Å². The molecule has 432 valence electrons. The maximum Gasteiger partial charge on any atom is 0.305 e. The maximum absolute atomic E-state index is 13.5. The van der Waals surface area contributed by atoms with Crippen molar-refractivity contribution in [3.63, 3.8) is 0 Å². The lowest BCUT2D eigenvalue weighted by Gasteiger charge is -2.15. The molecule has 0 spiro atoms. The van der Waals surface area contributed by atoms with Crippen LogP contribution in [0.5, 0.6) is 0 Å². The number of carbonyl (C=O) groups excluding carboxylic acids is 1. The van der Waals surface area contributed by atoms with Crippen molar-refractivity contribution in [1.82, 2.24) is 29.5 Å². The molecule has 4 aromatic carbocycles. The number of carboxylic acid groups (broad SMARTS) is 1. The van der Waals surface area contributed by atoms with E-state index in [4.69, 9.17) is 4.74 Å². The number of hydrogen-bond acceptors (Lipinski definition) is 5. The van der Waals surface area contributed by atoms with E-state index in [2.05, 4.69) is 271 Å². The van der Waals surface area contributed by atoms with E-state index in [1.807, 2.05) is 12.1 Å². The van der Waals surface area contributed by atoms with Crippen molar-refractivity contribution in [2.45, 2.75) is 79.1 Å². The van der Waals surface area contributed by atoms with Crippen molar-refractivity contribution in [3.8, 4) is 213 Å². The number of esters is 1. The summed E-state index contributed by atoms with van der Waals surface area (Å²) in [5, 5.41) is 27.5. The molecule has 0 unspecified atom stereocenters. The van der Waals surface area contributed by atoms with Crippen molar-refractivity contribution in [1.29, 1.82) is 0 Å². The molecule has 8 aromatic rings. The number of ether oxygens (including phenoxy) is 1. The van der Waals surface area contributed by atoms with E-state index in [9.17, 15) is 23.5 Å². The molecule has 4 heterocycles. The molecule has 12 heteroatoms. The Kier molecular flexibility index (Phi) is 26.4.